The van der Waals surface area contributed by atoms with E-state index in [9.17, 15) is 4.39 Å². The molecule has 0 saturated carbocycles. The molecule has 2 nitrogen and oxygen atoms in total. The number of rotatable bonds is 1. The molecule has 0 radical (unpaired) electrons. The molecule has 0 aliphatic heterocycles. The molecular formula is C9H5Cl2FN2. The second kappa shape index (κ2) is 3.59. The zero-order valence-electron chi connectivity index (χ0n) is 6.89. The van der Waals surface area contributed by atoms with Gasteiger partial charge < -0.3 is 4.98 Å². The minimum absolute atomic E-state index is 0.0771. The van der Waals surface area contributed by atoms with Crippen molar-refractivity contribution in [3.63, 3.8) is 0 Å². The first-order valence-corrected chi connectivity index (χ1v) is 4.58. The van der Waals surface area contributed by atoms with E-state index >= 15 is 0 Å². The highest BCUT2D eigenvalue weighted by molar-refractivity contribution is 6.31. The summed E-state index contributed by atoms with van der Waals surface area (Å²) in [5.74, 6) is -0.443. The lowest BCUT2D eigenvalue weighted by molar-refractivity contribution is 0.628. The van der Waals surface area contributed by atoms with Crippen LogP contribution in [0.2, 0.25) is 10.3 Å². The Balaban J connectivity index is 2.47. The first kappa shape index (κ1) is 9.49. The molecule has 0 atom stereocenters. The monoisotopic (exact) mass is 230 g/mol. The van der Waals surface area contributed by atoms with Gasteiger partial charge in [0.2, 0.25) is 0 Å². The number of aromatic nitrogens is 2. The number of H-pyrrole nitrogens is 1. The predicted octanol–water partition coefficient (Wildman–Crippen LogP) is 3.52. The van der Waals surface area contributed by atoms with E-state index in [-0.39, 0.29) is 5.02 Å². The number of benzene rings is 1. The van der Waals surface area contributed by atoms with Crippen LogP contribution in [0, 0.1) is 5.82 Å². The summed E-state index contributed by atoms with van der Waals surface area (Å²) in [5.41, 5.74) is 1.45. The van der Waals surface area contributed by atoms with Crippen LogP contribution in [0.5, 0.6) is 0 Å². The van der Waals surface area contributed by atoms with E-state index in [4.69, 9.17) is 23.2 Å². The molecule has 2 aromatic rings. The van der Waals surface area contributed by atoms with Gasteiger partial charge in [-0.25, -0.2) is 9.37 Å². The van der Waals surface area contributed by atoms with E-state index in [0.29, 0.717) is 11.0 Å². The number of aromatic amines is 1. The molecule has 0 saturated heterocycles. The highest BCUT2D eigenvalue weighted by atomic mass is 35.5. The van der Waals surface area contributed by atoms with Gasteiger partial charge in [0.05, 0.1) is 16.9 Å². The highest BCUT2D eigenvalue weighted by Crippen LogP contribution is 2.24. The maximum atomic E-state index is 12.8. The Morgan fingerprint density at radius 3 is 2.64 bits per heavy atom. The molecule has 0 aliphatic carbocycles. The lowest BCUT2D eigenvalue weighted by Crippen LogP contribution is -1.80. The molecule has 72 valence electrons. The lowest BCUT2D eigenvalue weighted by atomic mass is 10.2. The summed E-state index contributed by atoms with van der Waals surface area (Å²) in [5, 5.41) is 0.369. The molecular weight excluding hydrogens is 226 g/mol. The molecule has 0 aliphatic rings. The quantitative estimate of drug-likeness (QED) is 0.798. The van der Waals surface area contributed by atoms with E-state index in [1.165, 1.54) is 12.1 Å². The summed E-state index contributed by atoms with van der Waals surface area (Å²) in [7, 11) is 0. The van der Waals surface area contributed by atoms with Crippen molar-refractivity contribution in [1.82, 2.24) is 9.97 Å². The van der Waals surface area contributed by atoms with Gasteiger partial charge in [0.15, 0.2) is 5.28 Å². The van der Waals surface area contributed by atoms with Gasteiger partial charge in [0.1, 0.15) is 5.82 Å². The number of imidazole rings is 1. The van der Waals surface area contributed by atoms with Gasteiger partial charge in [-0.15, -0.1) is 0 Å². The van der Waals surface area contributed by atoms with E-state index in [0.717, 1.165) is 5.56 Å². The largest absolute Gasteiger partial charge is 0.329 e. The van der Waals surface area contributed by atoms with Crippen LogP contribution in [0.1, 0.15) is 0 Å². The Hall–Kier alpha value is -1.06. The van der Waals surface area contributed by atoms with E-state index in [1.807, 2.05) is 0 Å². The molecule has 1 aromatic carbocycles. The molecule has 5 heteroatoms. The van der Waals surface area contributed by atoms with Gasteiger partial charge >= 0.3 is 0 Å². The molecule has 0 amide bonds. The van der Waals surface area contributed by atoms with Crippen LogP contribution < -0.4 is 0 Å². The second-order valence-electron chi connectivity index (χ2n) is 2.72. The summed E-state index contributed by atoms with van der Waals surface area (Å²) in [6, 6.07) is 4.41. The van der Waals surface area contributed by atoms with E-state index in [2.05, 4.69) is 9.97 Å². The molecule has 0 bridgehead atoms. The summed E-state index contributed by atoms with van der Waals surface area (Å²) in [6.45, 7) is 0. The van der Waals surface area contributed by atoms with Crippen LogP contribution in [0.3, 0.4) is 0 Å². The molecule has 1 N–H and O–H groups in total. The van der Waals surface area contributed by atoms with Crippen molar-refractivity contribution in [2.45, 2.75) is 0 Å². The second-order valence-corrected chi connectivity index (χ2v) is 3.48. The van der Waals surface area contributed by atoms with Crippen LogP contribution >= 0.6 is 23.2 Å². The molecule has 0 unspecified atom stereocenters. The molecule has 1 heterocycles. The number of nitrogens with zero attached hydrogens (tertiary/aromatic N) is 1. The van der Waals surface area contributed by atoms with Crippen LogP contribution in [-0.4, -0.2) is 9.97 Å². The zero-order valence-corrected chi connectivity index (χ0v) is 8.40. The maximum Gasteiger partial charge on any atom is 0.200 e. The van der Waals surface area contributed by atoms with Crippen molar-refractivity contribution >= 4 is 23.2 Å². The minimum Gasteiger partial charge on any atom is -0.329 e. The number of hydrogen-bond donors (Lipinski definition) is 1. The van der Waals surface area contributed by atoms with Crippen molar-refractivity contribution in [3.8, 4) is 11.3 Å². The molecule has 0 spiro atoms. The Morgan fingerprint density at radius 1 is 1.29 bits per heavy atom. The Labute approximate surface area is 89.7 Å². The fourth-order valence-corrected chi connectivity index (χ4v) is 1.44. The van der Waals surface area contributed by atoms with Crippen molar-refractivity contribution in [2.24, 2.45) is 0 Å². The van der Waals surface area contributed by atoms with Gasteiger partial charge in [0, 0.05) is 5.56 Å². The molecule has 14 heavy (non-hydrogen) atoms. The Kier molecular flexibility index (Phi) is 2.44. The molecule has 2 rings (SSSR count). The number of hydrogen-bond acceptors (Lipinski definition) is 1. The van der Waals surface area contributed by atoms with Crippen LogP contribution in [0.25, 0.3) is 11.3 Å². The fourth-order valence-electron chi connectivity index (χ4n) is 1.11. The standard InChI is InChI=1S/C9H5Cl2FN2/c10-6-3-5(1-2-7(6)12)8-4-13-9(11)14-8/h1-4H,(H,13,14). The van der Waals surface area contributed by atoms with E-state index in [1.54, 1.807) is 12.3 Å². The minimum atomic E-state index is -0.443. The SMILES string of the molecule is Fc1ccc(-c2cnc(Cl)[nH]2)cc1Cl. The van der Waals surface area contributed by atoms with Gasteiger partial charge in [-0.2, -0.15) is 0 Å². The third kappa shape index (κ3) is 1.74. The van der Waals surface area contributed by atoms with Gasteiger partial charge in [-0.1, -0.05) is 11.6 Å². The molecule has 0 fully saturated rings. The first-order valence-electron chi connectivity index (χ1n) is 3.83. The van der Waals surface area contributed by atoms with Gasteiger partial charge in [0.25, 0.3) is 0 Å². The zero-order chi connectivity index (χ0) is 10.1. The highest BCUT2D eigenvalue weighted by Gasteiger charge is 2.05. The van der Waals surface area contributed by atoms with Crippen molar-refractivity contribution in [3.05, 3.63) is 40.5 Å². The third-order valence-corrected chi connectivity index (χ3v) is 2.26. The van der Waals surface area contributed by atoms with Crippen molar-refractivity contribution in [1.29, 1.82) is 0 Å². The average Bonchev–Trinajstić information content (AvgIpc) is 2.57. The van der Waals surface area contributed by atoms with Crippen molar-refractivity contribution < 1.29 is 4.39 Å². The lowest BCUT2D eigenvalue weighted by Gasteiger charge is -1.98. The smallest absolute Gasteiger partial charge is 0.200 e. The number of halogens is 3. The van der Waals surface area contributed by atoms with Crippen molar-refractivity contribution in [2.75, 3.05) is 0 Å². The van der Waals surface area contributed by atoms with Crippen LogP contribution in [-0.2, 0) is 0 Å². The fraction of sp³-hybridized carbons (Fsp3) is 0. The maximum absolute atomic E-state index is 12.8. The van der Waals surface area contributed by atoms with E-state index < -0.39 is 5.82 Å². The summed E-state index contributed by atoms with van der Waals surface area (Å²) in [6.07, 6.45) is 1.56. The third-order valence-electron chi connectivity index (χ3n) is 1.78. The van der Waals surface area contributed by atoms with Crippen LogP contribution in [0.4, 0.5) is 4.39 Å². The van der Waals surface area contributed by atoms with Crippen LogP contribution in [0.15, 0.2) is 24.4 Å². The van der Waals surface area contributed by atoms with Gasteiger partial charge in [-0.05, 0) is 29.8 Å². The topological polar surface area (TPSA) is 28.7 Å². The summed E-state index contributed by atoms with van der Waals surface area (Å²) >= 11 is 11.2. The predicted molar refractivity (Wildman–Crippen MR) is 54.0 cm³/mol. The number of nitrogens with one attached hydrogen (secondary N) is 1. The Morgan fingerprint density at radius 2 is 2.07 bits per heavy atom. The first-order chi connectivity index (χ1) is 6.66. The Bertz CT molecular complexity index is 468. The summed E-state index contributed by atoms with van der Waals surface area (Å²) in [4.78, 5) is 6.63. The summed E-state index contributed by atoms with van der Waals surface area (Å²) < 4.78 is 12.8. The normalized spacial score (nSPS) is 10.5. The van der Waals surface area contributed by atoms with Gasteiger partial charge in [-0.3, -0.25) is 0 Å². The molecule has 1 aromatic heterocycles. The average molecular weight is 231 g/mol.